The Labute approximate surface area is 236 Å². The van der Waals surface area contributed by atoms with Crippen molar-refractivity contribution in [3.63, 3.8) is 0 Å². The first-order valence-electron chi connectivity index (χ1n) is 12.5. The average molecular weight is 647 g/mol. The molecule has 0 N–H and O–H groups in total. The van der Waals surface area contributed by atoms with E-state index in [-0.39, 0.29) is 18.1 Å². The molecule has 37 heavy (non-hydrogen) atoms. The lowest BCUT2D eigenvalue weighted by Gasteiger charge is -2.49. The summed E-state index contributed by atoms with van der Waals surface area (Å²) in [6, 6.07) is 27.1. The summed E-state index contributed by atoms with van der Waals surface area (Å²) in [5.41, 5.74) is 4.01. The number of halogens is 1. The molecule has 8 heteroatoms. The number of sulfonamides is 1. The van der Waals surface area contributed by atoms with Crippen LogP contribution in [-0.4, -0.2) is 36.2 Å². The summed E-state index contributed by atoms with van der Waals surface area (Å²) in [5, 5.41) is 0. The van der Waals surface area contributed by atoms with Crippen LogP contribution in [0.1, 0.15) is 48.5 Å². The van der Waals surface area contributed by atoms with Gasteiger partial charge in [-0.3, -0.25) is 0 Å². The first-order chi connectivity index (χ1) is 18.0. The normalized spacial score (nSPS) is 23.1. The van der Waals surface area contributed by atoms with Gasteiger partial charge in [0, 0.05) is 45.8 Å². The van der Waals surface area contributed by atoms with Gasteiger partial charge < -0.3 is 4.74 Å². The lowest BCUT2D eigenvalue weighted by molar-refractivity contribution is 0.121. The van der Waals surface area contributed by atoms with Crippen molar-refractivity contribution in [3.05, 3.63) is 113 Å². The number of aryl methyl sites for hydroxylation is 1. The fourth-order valence-electron chi connectivity index (χ4n) is 5.61. The molecule has 0 aromatic heterocycles. The second-order valence-corrected chi connectivity index (χ2v) is 13.0. The molecule has 0 radical (unpaired) electrons. The molecule has 0 unspecified atom stereocenters. The van der Waals surface area contributed by atoms with E-state index < -0.39 is 10.0 Å². The molecule has 194 valence electrons. The molecule has 3 atom stereocenters. The van der Waals surface area contributed by atoms with Gasteiger partial charge in [0.2, 0.25) is 10.0 Å². The summed E-state index contributed by atoms with van der Waals surface area (Å²) < 4.78 is 39.5. The van der Waals surface area contributed by atoms with Gasteiger partial charge in [-0.2, -0.15) is 4.31 Å². The number of piperidine rings is 1. The monoisotopic (exact) mass is 646 g/mol. The third-order valence-electron chi connectivity index (χ3n) is 7.30. The summed E-state index contributed by atoms with van der Waals surface area (Å²) in [6.07, 6.45) is 1.17. The highest BCUT2D eigenvalue weighted by atomic mass is 127. The largest absolute Gasteiger partial charge is 0.498 e. The molecule has 0 saturated carbocycles. The zero-order valence-electron chi connectivity index (χ0n) is 21.0. The molecule has 2 aliphatic heterocycles. The van der Waals surface area contributed by atoms with Gasteiger partial charge in [0.1, 0.15) is 0 Å². The average Bonchev–Trinajstić information content (AvgIpc) is 2.93. The SMILES string of the molecule is CCOC1=C2CN(SI)[C@H](c3ccccc3)C[C@@H]2N(S(=O)(=O)c2ccccc2C)[C@H](c2ccccc2)C1. The molecule has 1 saturated heterocycles. The van der Waals surface area contributed by atoms with Crippen molar-refractivity contribution in [2.45, 2.75) is 49.7 Å². The molecule has 2 heterocycles. The van der Waals surface area contributed by atoms with Crippen molar-refractivity contribution in [1.29, 1.82) is 0 Å². The van der Waals surface area contributed by atoms with Gasteiger partial charge in [0.05, 0.1) is 29.3 Å². The molecule has 5 rings (SSSR count). The molecule has 1 fully saturated rings. The van der Waals surface area contributed by atoms with Crippen LogP contribution in [0.2, 0.25) is 0 Å². The van der Waals surface area contributed by atoms with E-state index in [0.29, 0.717) is 30.9 Å². The van der Waals surface area contributed by atoms with E-state index >= 15 is 0 Å². The van der Waals surface area contributed by atoms with Crippen molar-refractivity contribution in [1.82, 2.24) is 8.61 Å². The molecule has 0 aliphatic carbocycles. The first kappa shape index (κ1) is 26.7. The Balaban J connectivity index is 1.70. The van der Waals surface area contributed by atoms with Crippen LogP contribution >= 0.6 is 30.3 Å². The molecule has 3 aromatic carbocycles. The van der Waals surface area contributed by atoms with Crippen LogP contribution in [0.5, 0.6) is 0 Å². The standard InChI is InChI=1S/C29H31IN2O3S2/c1-3-35-28-19-26(23-15-8-5-9-16-23)32(37(33,34)29-17-11-10-12-21(29)2)27-18-25(22-13-6-4-7-14-22)31(36-30)20-24(27)28/h4-17,25-27H,3,18-20H2,1-2H3/t25-,26-,27-/m0/s1. The maximum Gasteiger partial charge on any atom is 0.244 e. The van der Waals surface area contributed by atoms with E-state index in [2.05, 4.69) is 49.8 Å². The predicted molar refractivity (Wildman–Crippen MR) is 159 cm³/mol. The lowest BCUT2D eigenvalue weighted by atomic mass is 9.84. The summed E-state index contributed by atoms with van der Waals surface area (Å²) in [6.45, 7) is 5.07. The van der Waals surface area contributed by atoms with Crippen molar-refractivity contribution in [2.24, 2.45) is 0 Å². The van der Waals surface area contributed by atoms with E-state index in [1.165, 1.54) is 5.56 Å². The first-order valence-corrected chi connectivity index (χ1v) is 17.3. The fourth-order valence-corrected chi connectivity index (χ4v) is 9.38. The second-order valence-electron chi connectivity index (χ2n) is 9.43. The number of fused-ring (bicyclic) bond motifs is 1. The summed E-state index contributed by atoms with van der Waals surface area (Å²) in [7, 11) is -2.14. The molecular formula is C29H31IN2O3S2. The predicted octanol–water partition coefficient (Wildman–Crippen LogP) is 7.24. The number of hydrogen-bond acceptors (Lipinski definition) is 5. The minimum atomic E-state index is -3.81. The Kier molecular flexibility index (Phi) is 8.31. The number of rotatable bonds is 7. The van der Waals surface area contributed by atoms with E-state index in [1.54, 1.807) is 19.5 Å². The molecular weight excluding hydrogens is 615 g/mol. The lowest BCUT2D eigenvalue weighted by Crippen LogP contribution is -2.52. The molecule has 5 nitrogen and oxygen atoms in total. The highest BCUT2D eigenvalue weighted by Gasteiger charge is 2.49. The van der Waals surface area contributed by atoms with Crippen LogP contribution in [0.4, 0.5) is 0 Å². The van der Waals surface area contributed by atoms with Crippen LogP contribution in [0, 0.1) is 6.92 Å². The minimum Gasteiger partial charge on any atom is -0.498 e. The number of benzene rings is 3. The Morgan fingerprint density at radius 3 is 2.08 bits per heavy atom. The Morgan fingerprint density at radius 1 is 0.892 bits per heavy atom. The van der Waals surface area contributed by atoms with Crippen LogP contribution < -0.4 is 0 Å². The minimum absolute atomic E-state index is 0.0730. The maximum atomic E-state index is 14.5. The Hall–Kier alpha value is -1.85. The van der Waals surface area contributed by atoms with Gasteiger partial charge in [0.15, 0.2) is 0 Å². The van der Waals surface area contributed by atoms with E-state index in [9.17, 15) is 8.42 Å². The van der Waals surface area contributed by atoms with Crippen LogP contribution in [0.15, 0.2) is 101 Å². The third-order valence-corrected chi connectivity index (χ3v) is 11.5. The number of hydrogen-bond donors (Lipinski definition) is 0. The third kappa shape index (κ3) is 5.23. The molecule has 0 bridgehead atoms. The smallest absolute Gasteiger partial charge is 0.244 e. The van der Waals surface area contributed by atoms with E-state index in [4.69, 9.17) is 4.74 Å². The van der Waals surface area contributed by atoms with Gasteiger partial charge in [-0.05, 0) is 52.1 Å². The van der Waals surface area contributed by atoms with Crippen molar-refractivity contribution < 1.29 is 13.2 Å². The van der Waals surface area contributed by atoms with Crippen molar-refractivity contribution in [3.8, 4) is 0 Å². The number of nitrogens with zero attached hydrogens (tertiary/aromatic N) is 2. The van der Waals surface area contributed by atoms with E-state index in [1.807, 2.05) is 68.4 Å². The summed E-state index contributed by atoms with van der Waals surface area (Å²) in [5.74, 6) is 0.930. The second kappa shape index (κ2) is 11.5. The van der Waals surface area contributed by atoms with Gasteiger partial charge in [-0.1, -0.05) is 78.9 Å². The van der Waals surface area contributed by atoms with Crippen molar-refractivity contribution >= 4 is 40.3 Å². The van der Waals surface area contributed by atoms with Crippen LogP contribution in [0.3, 0.4) is 0 Å². The van der Waals surface area contributed by atoms with Crippen LogP contribution in [-0.2, 0) is 14.8 Å². The summed E-state index contributed by atoms with van der Waals surface area (Å²) >= 11 is 2.34. The van der Waals surface area contributed by atoms with Gasteiger partial charge >= 0.3 is 0 Å². The van der Waals surface area contributed by atoms with Gasteiger partial charge in [0.25, 0.3) is 0 Å². The quantitative estimate of drug-likeness (QED) is 0.200. The number of ether oxygens (including phenoxy) is 1. The molecule has 0 amide bonds. The van der Waals surface area contributed by atoms with E-state index in [0.717, 1.165) is 22.5 Å². The highest BCUT2D eigenvalue weighted by molar-refractivity contribution is 14.2. The molecule has 2 aliphatic rings. The fraction of sp³-hybridized carbons (Fsp3) is 0.310. The van der Waals surface area contributed by atoms with Crippen molar-refractivity contribution in [2.75, 3.05) is 13.2 Å². The highest BCUT2D eigenvalue weighted by Crippen LogP contribution is 2.50. The molecule has 0 spiro atoms. The van der Waals surface area contributed by atoms with Crippen LogP contribution in [0.25, 0.3) is 0 Å². The summed E-state index contributed by atoms with van der Waals surface area (Å²) in [4.78, 5) is 0.372. The maximum absolute atomic E-state index is 14.5. The van der Waals surface area contributed by atoms with Gasteiger partial charge in [-0.15, -0.1) is 0 Å². The van der Waals surface area contributed by atoms with Gasteiger partial charge in [-0.25, -0.2) is 12.7 Å². The Bertz CT molecular complexity index is 1370. The molecule has 3 aromatic rings. The zero-order valence-corrected chi connectivity index (χ0v) is 24.7. The Morgan fingerprint density at radius 2 is 1.49 bits per heavy atom. The topological polar surface area (TPSA) is 49.9 Å². The zero-order chi connectivity index (χ0) is 26.0.